The SMILES string of the molecule is Cc1cccc2c1Nc1ccccc1OC2. The van der Waals surface area contributed by atoms with Crippen molar-refractivity contribution in [3.63, 3.8) is 0 Å². The standard InChI is InChI=1S/C14H13NO/c1-10-5-4-6-11-9-16-13-8-3-2-7-12(13)15-14(10)11/h2-8,15H,9H2,1H3. The van der Waals surface area contributed by atoms with Crippen molar-refractivity contribution in [2.75, 3.05) is 5.32 Å². The van der Waals surface area contributed by atoms with Crippen LogP contribution in [-0.2, 0) is 6.61 Å². The number of fused-ring (bicyclic) bond motifs is 2. The van der Waals surface area contributed by atoms with Crippen molar-refractivity contribution < 1.29 is 4.74 Å². The van der Waals surface area contributed by atoms with Crippen LogP contribution in [0.25, 0.3) is 0 Å². The summed E-state index contributed by atoms with van der Waals surface area (Å²) in [6, 6.07) is 14.3. The van der Waals surface area contributed by atoms with Gasteiger partial charge in [-0.05, 0) is 24.6 Å². The minimum Gasteiger partial charge on any atom is -0.487 e. The third-order valence-corrected chi connectivity index (χ3v) is 2.89. The number of para-hydroxylation sites is 3. The lowest BCUT2D eigenvalue weighted by Crippen LogP contribution is -1.96. The first-order chi connectivity index (χ1) is 7.84. The molecule has 2 heteroatoms. The highest BCUT2D eigenvalue weighted by molar-refractivity contribution is 5.72. The fourth-order valence-electron chi connectivity index (χ4n) is 2.01. The van der Waals surface area contributed by atoms with Gasteiger partial charge in [-0.1, -0.05) is 30.3 Å². The molecule has 0 radical (unpaired) electrons. The number of hydrogen-bond acceptors (Lipinski definition) is 2. The molecule has 1 heterocycles. The molecule has 0 amide bonds. The van der Waals surface area contributed by atoms with Gasteiger partial charge in [0, 0.05) is 11.3 Å². The van der Waals surface area contributed by atoms with Crippen molar-refractivity contribution in [1.29, 1.82) is 0 Å². The van der Waals surface area contributed by atoms with Gasteiger partial charge in [0.2, 0.25) is 0 Å². The predicted octanol–water partition coefficient (Wildman–Crippen LogP) is 3.63. The van der Waals surface area contributed by atoms with E-state index in [1.807, 2.05) is 24.3 Å². The smallest absolute Gasteiger partial charge is 0.143 e. The maximum atomic E-state index is 5.77. The van der Waals surface area contributed by atoms with Gasteiger partial charge >= 0.3 is 0 Å². The number of ether oxygens (including phenoxy) is 1. The first-order valence-electron chi connectivity index (χ1n) is 5.42. The minimum atomic E-state index is 0.626. The second-order valence-corrected chi connectivity index (χ2v) is 4.02. The maximum absolute atomic E-state index is 5.77. The zero-order chi connectivity index (χ0) is 11.0. The van der Waals surface area contributed by atoms with Gasteiger partial charge in [-0.25, -0.2) is 0 Å². The van der Waals surface area contributed by atoms with Crippen molar-refractivity contribution in [2.24, 2.45) is 0 Å². The predicted molar refractivity (Wildman–Crippen MR) is 65.2 cm³/mol. The summed E-state index contributed by atoms with van der Waals surface area (Å²) < 4.78 is 5.77. The quantitative estimate of drug-likeness (QED) is 0.718. The average molecular weight is 211 g/mol. The molecule has 0 bridgehead atoms. The Labute approximate surface area is 94.9 Å². The zero-order valence-corrected chi connectivity index (χ0v) is 9.16. The summed E-state index contributed by atoms with van der Waals surface area (Å²) >= 11 is 0. The van der Waals surface area contributed by atoms with Crippen LogP contribution in [0.3, 0.4) is 0 Å². The lowest BCUT2D eigenvalue weighted by Gasteiger charge is -2.10. The van der Waals surface area contributed by atoms with Crippen molar-refractivity contribution in [3.05, 3.63) is 53.6 Å². The summed E-state index contributed by atoms with van der Waals surface area (Å²) in [5.41, 5.74) is 4.66. The largest absolute Gasteiger partial charge is 0.487 e. The molecule has 1 N–H and O–H groups in total. The number of rotatable bonds is 0. The third-order valence-electron chi connectivity index (χ3n) is 2.89. The highest BCUT2D eigenvalue weighted by Gasteiger charge is 2.13. The van der Waals surface area contributed by atoms with Crippen molar-refractivity contribution >= 4 is 11.4 Å². The Balaban J connectivity index is 2.13. The highest BCUT2D eigenvalue weighted by atomic mass is 16.5. The third kappa shape index (κ3) is 1.43. The van der Waals surface area contributed by atoms with Crippen molar-refractivity contribution in [1.82, 2.24) is 0 Å². The summed E-state index contributed by atoms with van der Waals surface area (Å²) in [5, 5.41) is 3.45. The molecule has 2 aromatic rings. The van der Waals surface area contributed by atoms with Crippen LogP contribution in [0.15, 0.2) is 42.5 Å². The van der Waals surface area contributed by atoms with Crippen LogP contribution in [0.4, 0.5) is 11.4 Å². The topological polar surface area (TPSA) is 21.3 Å². The molecule has 3 rings (SSSR count). The Morgan fingerprint density at radius 1 is 1.06 bits per heavy atom. The summed E-state index contributed by atoms with van der Waals surface area (Å²) in [7, 11) is 0. The molecule has 0 fully saturated rings. The summed E-state index contributed by atoms with van der Waals surface area (Å²) in [5.74, 6) is 0.915. The van der Waals surface area contributed by atoms with Gasteiger partial charge in [0.1, 0.15) is 12.4 Å². The van der Waals surface area contributed by atoms with E-state index in [-0.39, 0.29) is 0 Å². The molecule has 0 unspecified atom stereocenters. The van der Waals surface area contributed by atoms with Crippen LogP contribution in [-0.4, -0.2) is 0 Å². The monoisotopic (exact) mass is 211 g/mol. The molecular weight excluding hydrogens is 198 g/mol. The first-order valence-corrected chi connectivity index (χ1v) is 5.42. The van der Waals surface area contributed by atoms with Crippen LogP contribution in [0.1, 0.15) is 11.1 Å². The Morgan fingerprint density at radius 2 is 1.94 bits per heavy atom. The Bertz CT molecular complexity index is 534. The van der Waals surface area contributed by atoms with Gasteiger partial charge in [0.05, 0.1) is 5.69 Å². The van der Waals surface area contributed by atoms with E-state index in [0.717, 1.165) is 11.4 Å². The second-order valence-electron chi connectivity index (χ2n) is 4.02. The van der Waals surface area contributed by atoms with E-state index < -0.39 is 0 Å². The van der Waals surface area contributed by atoms with Crippen LogP contribution in [0.5, 0.6) is 5.75 Å². The first kappa shape index (κ1) is 9.28. The highest BCUT2D eigenvalue weighted by Crippen LogP contribution is 2.34. The molecular formula is C14H13NO. The van der Waals surface area contributed by atoms with E-state index in [4.69, 9.17) is 4.74 Å². The van der Waals surface area contributed by atoms with E-state index in [2.05, 4.69) is 30.4 Å². The Kier molecular flexibility index (Phi) is 2.07. The molecule has 2 nitrogen and oxygen atoms in total. The molecule has 0 saturated heterocycles. The number of hydrogen-bond donors (Lipinski definition) is 1. The zero-order valence-electron chi connectivity index (χ0n) is 9.16. The maximum Gasteiger partial charge on any atom is 0.143 e. The van der Waals surface area contributed by atoms with Gasteiger partial charge in [-0.2, -0.15) is 0 Å². The molecule has 16 heavy (non-hydrogen) atoms. The normalized spacial score (nSPS) is 12.8. The van der Waals surface area contributed by atoms with E-state index in [1.165, 1.54) is 16.8 Å². The van der Waals surface area contributed by atoms with Gasteiger partial charge in [0.25, 0.3) is 0 Å². The number of anilines is 2. The molecule has 0 aliphatic carbocycles. The summed E-state index contributed by atoms with van der Waals surface area (Å²) in [6.45, 7) is 2.74. The number of aryl methyl sites for hydroxylation is 1. The van der Waals surface area contributed by atoms with Crippen molar-refractivity contribution in [3.8, 4) is 5.75 Å². The molecule has 1 aliphatic rings. The van der Waals surface area contributed by atoms with Crippen LogP contribution in [0.2, 0.25) is 0 Å². The van der Waals surface area contributed by atoms with Gasteiger partial charge in [-0.3, -0.25) is 0 Å². The van der Waals surface area contributed by atoms with E-state index >= 15 is 0 Å². The van der Waals surface area contributed by atoms with Crippen LogP contribution >= 0.6 is 0 Å². The molecule has 0 aromatic heterocycles. The summed E-state index contributed by atoms with van der Waals surface area (Å²) in [4.78, 5) is 0. The van der Waals surface area contributed by atoms with Crippen LogP contribution in [0, 0.1) is 6.92 Å². The van der Waals surface area contributed by atoms with E-state index in [9.17, 15) is 0 Å². The molecule has 1 aliphatic heterocycles. The van der Waals surface area contributed by atoms with Gasteiger partial charge < -0.3 is 10.1 Å². The summed E-state index contributed by atoms with van der Waals surface area (Å²) in [6.07, 6.45) is 0. The minimum absolute atomic E-state index is 0.626. The number of benzene rings is 2. The number of nitrogens with one attached hydrogen (secondary N) is 1. The molecule has 0 saturated carbocycles. The Hall–Kier alpha value is -1.96. The fraction of sp³-hybridized carbons (Fsp3) is 0.143. The van der Waals surface area contributed by atoms with E-state index in [0.29, 0.717) is 6.61 Å². The fourth-order valence-corrected chi connectivity index (χ4v) is 2.01. The molecule has 0 spiro atoms. The molecule has 0 atom stereocenters. The molecule has 80 valence electrons. The van der Waals surface area contributed by atoms with Gasteiger partial charge in [0.15, 0.2) is 0 Å². The average Bonchev–Trinajstić information content (AvgIpc) is 2.50. The van der Waals surface area contributed by atoms with Gasteiger partial charge in [-0.15, -0.1) is 0 Å². The lowest BCUT2D eigenvalue weighted by molar-refractivity contribution is 0.310. The second kappa shape index (κ2) is 3.56. The van der Waals surface area contributed by atoms with Crippen LogP contribution < -0.4 is 10.1 Å². The Morgan fingerprint density at radius 3 is 2.88 bits per heavy atom. The van der Waals surface area contributed by atoms with E-state index in [1.54, 1.807) is 0 Å². The molecule has 2 aromatic carbocycles. The van der Waals surface area contributed by atoms with Crippen molar-refractivity contribution in [2.45, 2.75) is 13.5 Å². The lowest BCUT2D eigenvalue weighted by atomic mass is 10.1.